The predicted octanol–water partition coefficient (Wildman–Crippen LogP) is 5.68. The highest BCUT2D eigenvalue weighted by atomic mass is 35.5. The van der Waals surface area contributed by atoms with Crippen LogP contribution in [0.25, 0.3) is 16.3 Å². The van der Waals surface area contributed by atoms with Gasteiger partial charge in [0.05, 0.1) is 28.9 Å². The summed E-state index contributed by atoms with van der Waals surface area (Å²) in [6.07, 6.45) is -2.46. The molecule has 0 bridgehead atoms. The molecule has 32 heavy (non-hydrogen) atoms. The van der Waals surface area contributed by atoms with Crippen molar-refractivity contribution in [2.24, 2.45) is 0 Å². The highest BCUT2D eigenvalue weighted by Gasteiger charge is 2.36. The van der Waals surface area contributed by atoms with Gasteiger partial charge in [-0.2, -0.15) is 17.7 Å². The van der Waals surface area contributed by atoms with Gasteiger partial charge in [-0.3, -0.25) is 4.79 Å². The van der Waals surface area contributed by atoms with Gasteiger partial charge >= 0.3 is 6.18 Å². The van der Waals surface area contributed by atoms with Crippen LogP contribution in [-0.4, -0.2) is 24.8 Å². The summed E-state index contributed by atoms with van der Waals surface area (Å²) < 4.78 is 43.0. The van der Waals surface area contributed by atoms with Gasteiger partial charge in [0, 0.05) is 19.2 Å². The first-order valence-electron chi connectivity index (χ1n) is 10.3. The number of thiazole rings is 1. The Balaban J connectivity index is 1.87. The maximum atomic E-state index is 13.3. The third kappa shape index (κ3) is 3.97. The van der Waals surface area contributed by atoms with Crippen molar-refractivity contribution in [2.45, 2.75) is 26.6 Å². The summed E-state index contributed by atoms with van der Waals surface area (Å²) in [5, 5.41) is 0.834. The molecule has 0 fully saturated rings. The van der Waals surface area contributed by atoms with Crippen molar-refractivity contribution >= 4 is 56.4 Å². The molecule has 0 radical (unpaired) electrons. The summed E-state index contributed by atoms with van der Waals surface area (Å²) in [4.78, 5) is 16.0. The Hall–Kier alpha value is -2.58. The fourth-order valence-electron chi connectivity index (χ4n) is 4.01. The lowest BCUT2D eigenvalue weighted by Gasteiger charge is -2.22. The maximum absolute atomic E-state index is 13.3. The Kier molecular flexibility index (Phi) is 6.18. The highest BCUT2D eigenvalue weighted by Crippen LogP contribution is 2.45. The molecular weight excluding hydrogens is 459 g/mol. The third-order valence-electron chi connectivity index (χ3n) is 5.44. The van der Waals surface area contributed by atoms with Crippen LogP contribution in [0, 0.1) is 0 Å². The number of hydrogen-bond acceptors (Lipinski definition) is 4. The van der Waals surface area contributed by atoms with Crippen molar-refractivity contribution in [3.05, 3.63) is 58.9 Å². The minimum atomic E-state index is -4.41. The van der Waals surface area contributed by atoms with Crippen LogP contribution in [0.3, 0.4) is 0 Å². The van der Waals surface area contributed by atoms with E-state index >= 15 is 0 Å². The zero-order chi connectivity index (χ0) is 23.0. The summed E-state index contributed by atoms with van der Waals surface area (Å²) in [5.41, 5.74) is 1.51. The molecule has 4 rings (SSSR count). The number of rotatable bonds is 6. The molecule has 0 amide bonds. The molecule has 1 aliphatic rings. The third-order valence-corrected chi connectivity index (χ3v) is 6.85. The van der Waals surface area contributed by atoms with Crippen LogP contribution in [0.4, 0.5) is 24.5 Å². The summed E-state index contributed by atoms with van der Waals surface area (Å²) in [5.74, 6) is 0.591. The van der Waals surface area contributed by atoms with Crippen molar-refractivity contribution in [3.63, 3.8) is 0 Å². The van der Waals surface area contributed by atoms with E-state index < -0.39 is 11.7 Å². The van der Waals surface area contributed by atoms with Gasteiger partial charge in [-0.05, 0) is 38.1 Å². The van der Waals surface area contributed by atoms with Gasteiger partial charge in [0.25, 0.3) is 5.01 Å². The Morgan fingerprint density at radius 3 is 2.44 bits per heavy atom. The monoisotopic (exact) mass is 480 g/mol. The molecule has 0 aliphatic carbocycles. The minimum Gasteiger partial charge on any atom is -0.326 e. The minimum absolute atomic E-state index is 0.0823. The molecule has 0 atom stereocenters. The lowest BCUT2D eigenvalue weighted by atomic mass is 10.1. The van der Waals surface area contributed by atoms with E-state index in [4.69, 9.17) is 11.6 Å². The highest BCUT2D eigenvalue weighted by molar-refractivity contribution is 7.18. The predicted molar refractivity (Wildman–Crippen MR) is 123 cm³/mol. The van der Waals surface area contributed by atoms with Gasteiger partial charge in [-0.25, -0.2) is 0 Å². The topological polar surface area (TPSA) is 27.4 Å². The number of alkyl halides is 4. The quantitative estimate of drug-likeness (QED) is 0.335. The fourth-order valence-corrected chi connectivity index (χ4v) is 5.19. The average Bonchev–Trinajstić information content (AvgIpc) is 3.27. The number of para-hydroxylation sites is 1. The van der Waals surface area contributed by atoms with E-state index in [0.29, 0.717) is 18.8 Å². The van der Waals surface area contributed by atoms with E-state index in [1.54, 1.807) is 0 Å². The van der Waals surface area contributed by atoms with Crippen molar-refractivity contribution < 1.29 is 22.5 Å². The number of carbonyl (C=O) groups excluding carboxylic acids is 1. The molecule has 0 saturated heterocycles. The van der Waals surface area contributed by atoms with E-state index in [9.17, 15) is 18.0 Å². The van der Waals surface area contributed by atoms with Crippen LogP contribution in [-0.2, 0) is 17.5 Å². The zero-order valence-corrected chi connectivity index (χ0v) is 19.2. The zero-order valence-electron chi connectivity index (χ0n) is 17.6. The van der Waals surface area contributed by atoms with Crippen LogP contribution >= 0.6 is 22.9 Å². The number of Topliss-reactive ketones (excluding diaryl/α,β-unsaturated/α-hetero) is 1. The summed E-state index contributed by atoms with van der Waals surface area (Å²) in [7, 11) is 0. The molecular formula is C23H22ClF3N3OS+. The molecule has 1 aromatic heterocycles. The molecule has 1 aliphatic heterocycles. The first kappa shape index (κ1) is 22.6. The number of anilines is 2. The first-order valence-corrected chi connectivity index (χ1v) is 11.6. The van der Waals surface area contributed by atoms with Crippen LogP contribution < -0.4 is 14.4 Å². The van der Waals surface area contributed by atoms with Crippen LogP contribution in [0.2, 0.25) is 0 Å². The number of ketones is 1. The van der Waals surface area contributed by atoms with Crippen molar-refractivity contribution in [1.82, 2.24) is 0 Å². The van der Waals surface area contributed by atoms with Gasteiger partial charge < -0.3 is 9.80 Å². The smallest absolute Gasteiger partial charge is 0.326 e. The molecule has 2 heterocycles. The molecule has 4 nitrogen and oxygen atoms in total. The van der Waals surface area contributed by atoms with E-state index in [-0.39, 0.29) is 18.2 Å². The normalized spacial score (nSPS) is 15.1. The fraction of sp³-hybridized carbons (Fsp3) is 0.304. The summed E-state index contributed by atoms with van der Waals surface area (Å²) in [6, 6.07) is 11.6. The Morgan fingerprint density at radius 1 is 1.09 bits per heavy atom. The van der Waals surface area contributed by atoms with E-state index in [0.717, 1.165) is 32.8 Å². The lowest BCUT2D eigenvalue weighted by molar-refractivity contribution is -0.655. The van der Waals surface area contributed by atoms with E-state index in [1.165, 1.54) is 23.5 Å². The standard InChI is InChI=1S/C23H22ClF3N3OS/c1-3-28-17-10-9-15(23(25,26)27)11-19(17)29(4-2)21(28)12-22-30(14-16(31)13-24)18-7-5-6-8-20(18)32-22/h5-12H,3-4,13-14H2,1-2H3/q+1. The number of halogens is 4. The second kappa shape index (κ2) is 8.75. The largest absolute Gasteiger partial charge is 0.416 e. The second-order valence-corrected chi connectivity index (χ2v) is 8.69. The average molecular weight is 481 g/mol. The van der Waals surface area contributed by atoms with Gasteiger partial charge in [0.1, 0.15) is 10.5 Å². The molecule has 0 saturated carbocycles. The van der Waals surface area contributed by atoms with Gasteiger partial charge in [0.2, 0.25) is 17.8 Å². The van der Waals surface area contributed by atoms with Gasteiger partial charge in [-0.1, -0.05) is 23.5 Å². The number of benzene rings is 2. The van der Waals surface area contributed by atoms with Crippen LogP contribution in [0.1, 0.15) is 24.4 Å². The number of fused-ring (bicyclic) bond motifs is 2. The number of nitrogens with zero attached hydrogens (tertiary/aromatic N) is 3. The maximum Gasteiger partial charge on any atom is 0.416 e. The van der Waals surface area contributed by atoms with Crippen molar-refractivity contribution in [2.75, 3.05) is 28.8 Å². The molecule has 168 valence electrons. The molecule has 2 aromatic carbocycles. The van der Waals surface area contributed by atoms with Gasteiger partial charge in [0.15, 0.2) is 0 Å². The van der Waals surface area contributed by atoms with Crippen molar-refractivity contribution in [3.8, 4) is 0 Å². The molecule has 0 spiro atoms. The first-order chi connectivity index (χ1) is 15.3. The molecule has 0 unspecified atom stereocenters. The summed E-state index contributed by atoms with van der Waals surface area (Å²) in [6.45, 7) is 5.10. The van der Waals surface area contributed by atoms with E-state index in [2.05, 4.69) is 0 Å². The number of hydrogen-bond donors (Lipinski definition) is 0. The lowest BCUT2D eigenvalue weighted by Crippen LogP contribution is -2.40. The van der Waals surface area contributed by atoms with Crippen molar-refractivity contribution in [1.29, 1.82) is 0 Å². The molecule has 3 aromatic rings. The molecule has 9 heteroatoms. The number of aromatic nitrogens is 1. The Morgan fingerprint density at radius 2 is 1.78 bits per heavy atom. The van der Waals surface area contributed by atoms with Crippen LogP contribution in [0.15, 0.2) is 48.3 Å². The Bertz CT molecular complexity index is 1200. The van der Waals surface area contributed by atoms with Crippen LogP contribution in [0.5, 0.6) is 0 Å². The SMILES string of the molecule is CCN1C(=Cc2sc3ccccc3[n+]2CC(=O)CCl)N(CC)c2cc(C(F)(F)F)ccc21. The van der Waals surface area contributed by atoms with Gasteiger partial charge in [-0.15, -0.1) is 11.6 Å². The number of carbonyl (C=O) groups is 1. The van der Waals surface area contributed by atoms with E-state index in [1.807, 2.05) is 58.6 Å². The molecule has 0 N–H and O–H groups in total. The second-order valence-electron chi connectivity index (χ2n) is 7.36. The Labute approximate surface area is 193 Å². The summed E-state index contributed by atoms with van der Waals surface area (Å²) >= 11 is 7.30.